The Morgan fingerprint density at radius 3 is 2.38 bits per heavy atom. The van der Waals surface area contributed by atoms with E-state index in [-0.39, 0.29) is 0 Å². The van der Waals surface area contributed by atoms with Gasteiger partial charge in [-0.05, 0) is 30.4 Å². The van der Waals surface area contributed by atoms with Crippen LogP contribution in [0.4, 0.5) is 0 Å². The first-order valence-corrected chi connectivity index (χ1v) is 6.50. The third-order valence-corrected chi connectivity index (χ3v) is 4.18. The number of rotatable bonds is 4. The van der Waals surface area contributed by atoms with Crippen molar-refractivity contribution in [1.82, 2.24) is 5.32 Å². The molecule has 0 atom stereocenters. The highest BCUT2D eigenvalue weighted by atomic mass is 35.5. The Kier molecular flexibility index (Phi) is 3.78. The molecule has 0 radical (unpaired) electrons. The normalized spacial score (nSPS) is 18.2. The summed E-state index contributed by atoms with van der Waals surface area (Å²) in [6.45, 7) is 4.14. The van der Waals surface area contributed by atoms with E-state index in [9.17, 15) is 0 Å². The van der Waals surface area contributed by atoms with Gasteiger partial charge < -0.3 is 5.32 Å². The first kappa shape index (κ1) is 12.2. The molecule has 0 heterocycles. The Hall–Kier alpha value is -0.240. The van der Waals surface area contributed by atoms with Crippen LogP contribution in [0.3, 0.4) is 0 Å². The third-order valence-electron chi connectivity index (χ3n) is 3.48. The average molecular weight is 258 g/mol. The molecule has 0 bridgehead atoms. The molecule has 0 aliphatic heterocycles. The molecule has 1 aliphatic rings. The minimum atomic E-state index is 0.494. The summed E-state index contributed by atoms with van der Waals surface area (Å²) in [5.41, 5.74) is 1.50. The van der Waals surface area contributed by atoms with Crippen molar-refractivity contribution in [2.24, 2.45) is 5.41 Å². The highest BCUT2D eigenvalue weighted by molar-refractivity contribution is 6.35. The van der Waals surface area contributed by atoms with E-state index >= 15 is 0 Å². The summed E-state index contributed by atoms with van der Waals surface area (Å²) in [6, 6.07) is 5.65. The molecule has 0 spiro atoms. The van der Waals surface area contributed by atoms with Gasteiger partial charge in [-0.2, -0.15) is 0 Å². The molecule has 1 nitrogen and oxygen atoms in total. The van der Waals surface area contributed by atoms with Gasteiger partial charge in [0.05, 0.1) is 0 Å². The largest absolute Gasteiger partial charge is 0.312 e. The molecule has 1 aromatic carbocycles. The fourth-order valence-corrected chi connectivity index (χ4v) is 2.68. The second-order valence-corrected chi connectivity index (χ2v) is 5.78. The molecule has 0 unspecified atom stereocenters. The van der Waals surface area contributed by atoms with E-state index in [1.54, 1.807) is 0 Å². The van der Waals surface area contributed by atoms with Crippen LogP contribution in [0.25, 0.3) is 0 Å². The molecular formula is C13H17Cl2N. The Morgan fingerprint density at radius 1 is 1.25 bits per heavy atom. The summed E-state index contributed by atoms with van der Waals surface area (Å²) in [5.74, 6) is 0. The van der Waals surface area contributed by atoms with Gasteiger partial charge in [-0.3, -0.25) is 0 Å². The quantitative estimate of drug-likeness (QED) is 0.850. The van der Waals surface area contributed by atoms with Crippen LogP contribution in [0.5, 0.6) is 0 Å². The number of nitrogens with one attached hydrogen (secondary N) is 1. The Balaban J connectivity index is 1.89. The number of hydrogen-bond acceptors (Lipinski definition) is 1. The van der Waals surface area contributed by atoms with Crippen molar-refractivity contribution in [2.45, 2.75) is 32.7 Å². The maximum atomic E-state index is 6.10. The molecular weight excluding hydrogens is 241 g/mol. The molecule has 88 valence electrons. The van der Waals surface area contributed by atoms with Crippen LogP contribution in [0.2, 0.25) is 10.0 Å². The van der Waals surface area contributed by atoms with Gasteiger partial charge in [-0.15, -0.1) is 0 Å². The summed E-state index contributed by atoms with van der Waals surface area (Å²) in [7, 11) is 0. The lowest BCUT2D eigenvalue weighted by molar-refractivity contribution is 0.156. The zero-order valence-corrected chi connectivity index (χ0v) is 11.0. The zero-order chi connectivity index (χ0) is 11.6. The van der Waals surface area contributed by atoms with Gasteiger partial charge in [0.2, 0.25) is 0 Å². The highest BCUT2D eigenvalue weighted by Gasteiger charge is 2.30. The zero-order valence-electron chi connectivity index (χ0n) is 9.52. The van der Waals surface area contributed by atoms with Crippen LogP contribution in [0.15, 0.2) is 18.2 Å². The van der Waals surface area contributed by atoms with Crippen molar-refractivity contribution < 1.29 is 0 Å². The average Bonchev–Trinajstić information content (AvgIpc) is 2.20. The van der Waals surface area contributed by atoms with E-state index in [4.69, 9.17) is 23.2 Å². The van der Waals surface area contributed by atoms with Crippen molar-refractivity contribution in [3.63, 3.8) is 0 Å². The summed E-state index contributed by atoms with van der Waals surface area (Å²) in [5, 5.41) is 4.95. The molecule has 0 saturated heterocycles. The molecule has 1 aromatic rings. The summed E-state index contributed by atoms with van der Waals surface area (Å²) in [6.07, 6.45) is 4.03. The maximum absolute atomic E-state index is 6.10. The van der Waals surface area contributed by atoms with Crippen LogP contribution < -0.4 is 5.32 Å². The van der Waals surface area contributed by atoms with Crippen LogP contribution in [-0.2, 0) is 6.54 Å². The minimum absolute atomic E-state index is 0.494. The van der Waals surface area contributed by atoms with Crippen molar-refractivity contribution >= 4 is 23.2 Å². The lowest BCUT2D eigenvalue weighted by atomic mass is 9.70. The van der Waals surface area contributed by atoms with Gasteiger partial charge in [0.15, 0.2) is 0 Å². The summed E-state index contributed by atoms with van der Waals surface area (Å²) in [4.78, 5) is 0. The van der Waals surface area contributed by atoms with Crippen LogP contribution in [0, 0.1) is 5.41 Å². The lowest BCUT2D eigenvalue weighted by Gasteiger charge is -2.38. The fraction of sp³-hybridized carbons (Fsp3) is 0.538. The van der Waals surface area contributed by atoms with Crippen LogP contribution in [0.1, 0.15) is 31.7 Å². The smallest absolute Gasteiger partial charge is 0.0465 e. The van der Waals surface area contributed by atoms with E-state index in [1.807, 2.05) is 18.2 Å². The first-order chi connectivity index (χ1) is 7.61. The van der Waals surface area contributed by atoms with Crippen molar-refractivity contribution in [3.05, 3.63) is 33.8 Å². The molecule has 2 rings (SSSR count). The third kappa shape index (κ3) is 2.71. The molecule has 1 saturated carbocycles. The SMILES string of the molecule is CC1(CNCc2c(Cl)cccc2Cl)CCC1. The molecule has 0 aromatic heterocycles. The molecule has 3 heteroatoms. The van der Waals surface area contributed by atoms with Gasteiger partial charge in [-0.1, -0.05) is 42.6 Å². The fourth-order valence-electron chi connectivity index (χ4n) is 2.15. The van der Waals surface area contributed by atoms with E-state index in [1.165, 1.54) is 19.3 Å². The number of benzene rings is 1. The minimum Gasteiger partial charge on any atom is -0.312 e. The first-order valence-electron chi connectivity index (χ1n) is 5.74. The Labute approximate surface area is 107 Å². The second kappa shape index (κ2) is 4.95. The van der Waals surface area contributed by atoms with Crippen molar-refractivity contribution in [1.29, 1.82) is 0 Å². The monoisotopic (exact) mass is 257 g/mol. The molecule has 1 N–H and O–H groups in total. The highest BCUT2D eigenvalue weighted by Crippen LogP contribution is 2.39. The van der Waals surface area contributed by atoms with Gasteiger partial charge in [0.25, 0.3) is 0 Å². The van der Waals surface area contributed by atoms with E-state index in [2.05, 4.69) is 12.2 Å². The van der Waals surface area contributed by atoms with E-state index < -0.39 is 0 Å². The molecule has 1 fully saturated rings. The topological polar surface area (TPSA) is 12.0 Å². The lowest BCUT2D eigenvalue weighted by Crippen LogP contribution is -2.37. The predicted octanol–water partition coefficient (Wildman–Crippen LogP) is 4.27. The van der Waals surface area contributed by atoms with E-state index in [0.29, 0.717) is 5.41 Å². The van der Waals surface area contributed by atoms with Gasteiger partial charge >= 0.3 is 0 Å². The molecule has 1 aliphatic carbocycles. The van der Waals surface area contributed by atoms with Gasteiger partial charge in [0.1, 0.15) is 0 Å². The summed E-state index contributed by atoms with van der Waals surface area (Å²) >= 11 is 12.2. The molecule has 0 amide bonds. The van der Waals surface area contributed by atoms with Crippen molar-refractivity contribution in [3.8, 4) is 0 Å². The number of halogens is 2. The van der Waals surface area contributed by atoms with E-state index in [0.717, 1.165) is 28.7 Å². The Morgan fingerprint density at radius 2 is 1.88 bits per heavy atom. The number of hydrogen-bond donors (Lipinski definition) is 1. The van der Waals surface area contributed by atoms with Gasteiger partial charge in [0, 0.05) is 28.7 Å². The van der Waals surface area contributed by atoms with Crippen LogP contribution >= 0.6 is 23.2 Å². The predicted molar refractivity (Wildman–Crippen MR) is 70.1 cm³/mol. The second-order valence-electron chi connectivity index (χ2n) is 4.97. The standard InChI is InChI=1S/C13H17Cl2N/c1-13(6-3-7-13)9-16-8-10-11(14)4-2-5-12(10)15/h2,4-5,16H,3,6-9H2,1H3. The summed E-state index contributed by atoms with van der Waals surface area (Å²) < 4.78 is 0. The van der Waals surface area contributed by atoms with Crippen molar-refractivity contribution in [2.75, 3.05) is 6.54 Å². The van der Waals surface area contributed by atoms with Crippen LogP contribution in [-0.4, -0.2) is 6.54 Å². The van der Waals surface area contributed by atoms with Gasteiger partial charge in [-0.25, -0.2) is 0 Å². The Bertz CT molecular complexity index is 352. The maximum Gasteiger partial charge on any atom is 0.0465 e. The molecule has 16 heavy (non-hydrogen) atoms.